The first-order chi connectivity index (χ1) is 9.60. The molecule has 1 aromatic rings. The number of anilines is 1. The van der Waals surface area contributed by atoms with Crippen molar-refractivity contribution in [1.29, 1.82) is 0 Å². The van der Waals surface area contributed by atoms with Crippen molar-refractivity contribution < 1.29 is 19.1 Å². The van der Waals surface area contributed by atoms with E-state index >= 15 is 0 Å². The lowest BCUT2D eigenvalue weighted by atomic mass is 10.3. The summed E-state index contributed by atoms with van der Waals surface area (Å²) in [6.45, 7) is 4.26. The van der Waals surface area contributed by atoms with E-state index in [1.54, 1.807) is 24.3 Å². The van der Waals surface area contributed by atoms with E-state index in [0.29, 0.717) is 18.2 Å². The molecule has 0 aromatic heterocycles. The van der Waals surface area contributed by atoms with Gasteiger partial charge in [-0.1, -0.05) is 6.92 Å². The van der Waals surface area contributed by atoms with E-state index in [4.69, 9.17) is 9.47 Å². The first-order valence-corrected chi connectivity index (χ1v) is 6.79. The standard InChI is InChI=1S/C15H19NO4/c1-3-19-12-6-4-11(5-7-12)16-14(17)9-20-15(18)13-8-10(13)2/h4-7,10,13H,3,8-9H2,1-2H3,(H,16,17)/t10-,13-/m0/s1. The average Bonchev–Trinajstić information content (AvgIpc) is 3.16. The molecule has 1 saturated carbocycles. The molecule has 0 aliphatic heterocycles. The SMILES string of the molecule is CCOc1ccc(NC(=O)COC(=O)[C@H]2C[C@@H]2C)cc1. The fourth-order valence-electron chi connectivity index (χ4n) is 1.89. The zero-order chi connectivity index (χ0) is 14.5. The second-order valence-electron chi connectivity index (χ2n) is 4.93. The molecule has 20 heavy (non-hydrogen) atoms. The molecule has 1 fully saturated rings. The van der Waals surface area contributed by atoms with Crippen LogP contribution in [0.4, 0.5) is 5.69 Å². The van der Waals surface area contributed by atoms with E-state index in [1.807, 2.05) is 13.8 Å². The van der Waals surface area contributed by atoms with Gasteiger partial charge in [-0.15, -0.1) is 0 Å². The highest BCUT2D eigenvalue weighted by Crippen LogP contribution is 2.38. The first-order valence-electron chi connectivity index (χ1n) is 6.79. The number of hydrogen-bond donors (Lipinski definition) is 1. The molecule has 0 spiro atoms. The predicted molar refractivity (Wildman–Crippen MR) is 74.5 cm³/mol. The van der Waals surface area contributed by atoms with Crippen LogP contribution in [-0.2, 0) is 14.3 Å². The van der Waals surface area contributed by atoms with E-state index in [9.17, 15) is 9.59 Å². The number of carbonyl (C=O) groups excluding carboxylic acids is 2. The van der Waals surface area contributed by atoms with E-state index in [1.165, 1.54) is 0 Å². The topological polar surface area (TPSA) is 64.6 Å². The molecule has 5 heteroatoms. The molecule has 2 rings (SSSR count). The Morgan fingerprint density at radius 2 is 1.95 bits per heavy atom. The van der Waals surface area contributed by atoms with Gasteiger partial charge in [0.05, 0.1) is 12.5 Å². The van der Waals surface area contributed by atoms with Crippen molar-refractivity contribution in [3.05, 3.63) is 24.3 Å². The zero-order valence-corrected chi connectivity index (χ0v) is 11.7. The van der Waals surface area contributed by atoms with Crippen molar-refractivity contribution in [3.8, 4) is 5.75 Å². The van der Waals surface area contributed by atoms with Crippen LogP contribution >= 0.6 is 0 Å². The molecule has 5 nitrogen and oxygen atoms in total. The quantitative estimate of drug-likeness (QED) is 0.810. The number of rotatable bonds is 6. The molecule has 108 valence electrons. The molecule has 1 aliphatic rings. The molecule has 1 N–H and O–H groups in total. The zero-order valence-electron chi connectivity index (χ0n) is 11.7. The number of hydrogen-bond acceptors (Lipinski definition) is 4. The monoisotopic (exact) mass is 277 g/mol. The average molecular weight is 277 g/mol. The third-order valence-electron chi connectivity index (χ3n) is 3.21. The molecule has 1 aromatic carbocycles. The second kappa shape index (κ2) is 6.41. The highest BCUT2D eigenvalue weighted by atomic mass is 16.5. The number of ether oxygens (including phenoxy) is 2. The summed E-state index contributed by atoms with van der Waals surface area (Å²) in [7, 11) is 0. The van der Waals surface area contributed by atoms with Crippen LogP contribution in [0.15, 0.2) is 24.3 Å². The summed E-state index contributed by atoms with van der Waals surface area (Å²) < 4.78 is 10.3. The van der Waals surface area contributed by atoms with Crippen LogP contribution in [0.3, 0.4) is 0 Å². The third kappa shape index (κ3) is 3.98. The summed E-state index contributed by atoms with van der Waals surface area (Å²) in [6.07, 6.45) is 0.860. The Kier molecular flexibility index (Phi) is 4.61. The van der Waals surface area contributed by atoms with Crippen LogP contribution in [0.2, 0.25) is 0 Å². The van der Waals surface area contributed by atoms with E-state index in [-0.39, 0.29) is 24.4 Å². The number of benzene rings is 1. The number of amides is 1. The summed E-state index contributed by atoms with van der Waals surface area (Å²) in [5, 5.41) is 2.67. The van der Waals surface area contributed by atoms with Crippen LogP contribution < -0.4 is 10.1 Å². The summed E-state index contributed by atoms with van der Waals surface area (Å²) in [5.41, 5.74) is 0.647. The summed E-state index contributed by atoms with van der Waals surface area (Å²) in [6, 6.07) is 7.04. The van der Waals surface area contributed by atoms with Gasteiger partial charge in [-0.2, -0.15) is 0 Å². The van der Waals surface area contributed by atoms with Gasteiger partial charge in [0.25, 0.3) is 5.91 Å². The minimum Gasteiger partial charge on any atom is -0.494 e. The first kappa shape index (κ1) is 14.4. The van der Waals surface area contributed by atoms with Crippen molar-refractivity contribution in [3.63, 3.8) is 0 Å². The lowest BCUT2D eigenvalue weighted by Crippen LogP contribution is -2.21. The maximum absolute atomic E-state index is 11.6. The maximum atomic E-state index is 11.6. The summed E-state index contributed by atoms with van der Waals surface area (Å²) >= 11 is 0. The molecule has 1 aliphatic carbocycles. The van der Waals surface area contributed by atoms with Gasteiger partial charge in [0, 0.05) is 5.69 Å². The van der Waals surface area contributed by atoms with Crippen LogP contribution in [0.1, 0.15) is 20.3 Å². The highest BCUT2D eigenvalue weighted by Gasteiger charge is 2.40. The van der Waals surface area contributed by atoms with Crippen molar-refractivity contribution >= 4 is 17.6 Å². The van der Waals surface area contributed by atoms with Gasteiger partial charge in [-0.25, -0.2) is 0 Å². The van der Waals surface area contributed by atoms with E-state index < -0.39 is 0 Å². The van der Waals surface area contributed by atoms with Crippen molar-refractivity contribution in [2.24, 2.45) is 11.8 Å². The molecule has 0 bridgehead atoms. The lowest BCUT2D eigenvalue weighted by molar-refractivity contribution is -0.148. The van der Waals surface area contributed by atoms with Gasteiger partial charge in [0.2, 0.25) is 0 Å². The van der Waals surface area contributed by atoms with Gasteiger partial charge >= 0.3 is 5.97 Å². The molecule has 0 radical (unpaired) electrons. The van der Waals surface area contributed by atoms with Crippen LogP contribution in [0.25, 0.3) is 0 Å². The molecule has 0 unspecified atom stereocenters. The van der Waals surface area contributed by atoms with Gasteiger partial charge in [-0.05, 0) is 43.5 Å². The van der Waals surface area contributed by atoms with Crippen molar-refractivity contribution in [2.45, 2.75) is 20.3 Å². The predicted octanol–water partition coefficient (Wildman–Crippen LogP) is 2.22. The number of carbonyl (C=O) groups is 2. The maximum Gasteiger partial charge on any atom is 0.309 e. The molecule has 0 heterocycles. The summed E-state index contributed by atoms with van der Waals surface area (Å²) in [4.78, 5) is 23.1. The molecule has 0 saturated heterocycles. The molecule has 1 amide bonds. The van der Waals surface area contributed by atoms with Crippen LogP contribution in [0.5, 0.6) is 5.75 Å². The smallest absolute Gasteiger partial charge is 0.309 e. The number of esters is 1. The minimum atomic E-state index is -0.337. The fraction of sp³-hybridized carbons (Fsp3) is 0.467. The van der Waals surface area contributed by atoms with Crippen molar-refractivity contribution in [2.75, 3.05) is 18.5 Å². The Bertz CT molecular complexity index is 483. The van der Waals surface area contributed by atoms with E-state index in [2.05, 4.69) is 5.32 Å². The second-order valence-corrected chi connectivity index (χ2v) is 4.93. The number of nitrogens with one attached hydrogen (secondary N) is 1. The van der Waals surface area contributed by atoms with Gasteiger partial charge in [0.1, 0.15) is 5.75 Å². The van der Waals surface area contributed by atoms with Crippen LogP contribution in [-0.4, -0.2) is 25.1 Å². The van der Waals surface area contributed by atoms with Crippen molar-refractivity contribution in [1.82, 2.24) is 0 Å². The van der Waals surface area contributed by atoms with E-state index in [0.717, 1.165) is 12.2 Å². The Morgan fingerprint density at radius 3 is 2.50 bits per heavy atom. The van der Waals surface area contributed by atoms with Gasteiger partial charge in [-0.3, -0.25) is 9.59 Å². The Morgan fingerprint density at radius 1 is 1.30 bits per heavy atom. The molecular weight excluding hydrogens is 258 g/mol. The van der Waals surface area contributed by atoms with Crippen LogP contribution in [0, 0.1) is 11.8 Å². The Hall–Kier alpha value is -2.04. The molecular formula is C15H19NO4. The van der Waals surface area contributed by atoms with Gasteiger partial charge in [0.15, 0.2) is 6.61 Å². The largest absolute Gasteiger partial charge is 0.494 e. The molecule has 2 atom stereocenters. The summed E-state index contributed by atoms with van der Waals surface area (Å²) in [5.74, 6) is 0.500. The third-order valence-corrected chi connectivity index (χ3v) is 3.21. The lowest BCUT2D eigenvalue weighted by Gasteiger charge is -2.07. The Labute approximate surface area is 118 Å². The Balaban J connectivity index is 1.74. The fourth-order valence-corrected chi connectivity index (χ4v) is 1.89. The minimum absolute atomic E-state index is 0.0201. The normalized spacial score (nSPS) is 20.1. The highest BCUT2D eigenvalue weighted by molar-refractivity contribution is 5.93. The van der Waals surface area contributed by atoms with Gasteiger partial charge < -0.3 is 14.8 Å².